The number of para-hydroxylation sites is 2. The molecular formula is C16H22N3O2+. The first-order valence-electron chi connectivity index (χ1n) is 7.66. The number of hydrogen-bond donors (Lipinski definition) is 2. The molecule has 0 aliphatic carbocycles. The number of anilines is 2. The summed E-state index contributed by atoms with van der Waals surface area (Å²) in [5.41, 5.74) is 1.54. The molecule has 2 aliphatic heterocycles. The molecule has 0 unspecified atom stereocenters. The molecule has 2 amide bonds. The first-order valence-corrected chi connectivity index (χ1v) is 7.66. The van der Waals surface area contributed by atoms with E-state index in [0.717, 1.165) is 30.4 Å². The van der Waals surface area contributed by atoms with Crippen LogP contribution in [0, 0.1) is 5.92 Å². The summed E-state index contributed by atoms with van der Waals surface area (Å²) in [5, 5.41) is 2.81. The minimum absolute atomic E-state index is 0.0434. The maximum absolute atomic E-state index is 12.6. The number of quaternary nitrogens is 1. The molecule has 5 nitrogen and oxygen atoms in total. The lowest BCUT2D eigenvalue weighted by Gasteiger charge is -2.32. The number of carbonyl (C=O) groups is 2. The zero-order valence-corrected chi connectivity index (χ0v) is 12.4. The number of amides is 2. The fraction of sp³-hybridized carbons (Fsp3) is 0.500. The molecule has 1 fully saturated rings. The van der Waals surface area contributed by atoms with Crippen LogP contribution in [-0.2, 0) is 9.59 Å². The molecule has 2 N–H and O–H groups in total. The fourth-order valence-electron chi connectivity index (χ4n) is 3.11. The Morgan fingerprint density at radius 3 is 2.81 bits per heavy atom. The maximum Gasteiger partial charge on any atom is 0.282 e. The molecule has 1 saturated heterocycles. The molecule has 1 aromatic carbocycles. The van der Waals surface area contributed by atoms with Gasteiger partial charge >= 0.3 is 0 Å². The molecule has 5 heteroatoms. The molecule has 3 rings (SSSR count). The van der Waals surface area contributed by atoms with Crippen LogP contribution in [0.15, 0.2) is 24.3 Å². The molecule has 2 heterocycles. The highest BCUT2D eigenvalue weighted by Gasteiger charge is 2.30. The smallest absolute Gasteiger partial charge is 0.282 e. The first-order chi connectivity index (χ1) is 10.1. The zero-order valence-electron chi connectivity index (χ0n) is 12.4. The summed E-state index contributed by atoms with van der Waals surface area (Å²) >= 11 is 0. The van der Waals surface area contributed by atoms with Crippen LogP contribution in [0.5, 0.6) is 0 Å². The third-order valence-electron chi connectivity index (χ3n) is 4.45. The van der Waals surface area contributed by atoms with Gasteiger partial charge in [0.2, 0.25) is 5.91 Å². The lowest BCUT2D eigenvalue weighted by Crippen LogP contribution is -3.14. The second kappa shape index (κ2) is 5.85. The quantitative estimate of drug-likeness (QED) is 0.822. The standard InChI is InChI=1S/C16H21N3O2/c1-12-6-8-18(9-7-12)11-16(21)19-10-15(20)17-13-4-2-3-5-14(13)19/h2-5,12H,6-11H2,1H3,(H,17,20)/p+1. The molecular weight excluding hydrogens is 266 g/mol. The summed E-state index contributed by atoms with van der Waals surface area (Å²) in [4.78, 5) is 27.3. The van der Waals surface area contributed by atoms with E-state index >= 15 is 0 Å². The van der Waals surface area contributed by atoms with E-state index in [-0.39, 0.29) is 18.4 Å². The summed E-state index contributed by atoms with van der Waals surface area (Å²) < 4.78 is 0. The molecule has 0 atom stereocenters. The Labute approximate surface area is 124 Å². The van der Waals surface area contributed by atoms with E-state index in [0.29, 0.717) is 6.54 Å². The summed E-state index contributed by atoms with van der Waals surface area (Å²) in [7, 11) is 0. The third kappa shape index (κ3) is 3.08. The van der Waals surface area contributed by atoms with Crippen LogP contribution in [0.2, 0.25) is 0 Å². The summed E-state index contributed by atoms with van der Waals surface area (Å²) in [6.07, 6.45) is 2.36. The van der Waals surface area contributed by atoms with Crippen molar-refractivity contribution in [2.45, 2.75) is 19.8 Å². The minimum atomic E-state index is -0.121. The topological polar surface area (TPSA) is 53.9 Å². The van der Waals surface area contributed by atoms with Gasteiger partial charge in [0.25, 0.3) is 5.91 Å². The van der Waals surface area contributed by atoms with Gasteiger partial charge in [-0.2, -0.15) is 0 Å². The van der Waals surface area contributed by atoms with Gasteiger partial charge in [-0.1, -0.05) is 19.1 Å². The van der Waals surface area contributed by atoms with Crippen LogP contribution < -0.4 is 15.1 Å². The zero-order chi connectivity index (χ0) is 14.8. The van der Waals surface area contributed by atoms with Crippen molar-refractivity contribution in [3.8, 4) is 0 Å². The van der Waals surface area contributed by atoms with Crippen LogP contribution in [0.1, 0.15) is 19.8 Å². The molecule has 0 radical (unpaired) electrons. The van der Waals surface area contributed by atoms with E-state index < -0.39 is 0 Å². The number of nitrogens with zero attached hydrogens (tertiary/aromatic N) is 1. The molecule has 1 aromatic rings. The summed E-state index contributed by atoms with van der Waals surface area (Å²) in [6, 6.07) is 7.48. The predicted octanol–water partition coefficient (Wildman–Crippen LogP) is 0.287. The average molecular weight is 288 g/mol. The van der Waals surface area contributed by atoms with Gasteiger partial charge in [-0.3, -0.25) is 14.5 Å². The van der Waals surface area contributed by atoms with Crippen molar-refractivity contribution in [2.24, 2.45) is 5.92 Å². The van der Waals surface area contributed by atoms with Crippen LogP contribution in [0.25, 0.3) is 0 Å². The number of likely N-dealkylation sites (tertiary alicyclic amines) is 1. The Bertz CT molecular complexity index is 550. The number of piperidine rings is 1. The Kier molecular flexibility index (Phi) is 3.92. The Morgan fingerprint density at radius 2 is 2.05 bits per heavy atom. The first kappa shape index (κ1) is 14.1. The van der Waals surface area contributed by atoms with Crippen molar-refractivity contribution in [1.82, 2.24) is 0 Å². The Morgan fingerprint density at radius 1 is 1.33 bits per heavy atom. The Balaban J connectivity index is 1.71. The number of carbonyl (C=O) groups excluding carboxylic acids is 2. The maximum atomic E-state index is 12.6. The van der Waals surface area contributed by atoms with Crippen molar-refractivity contribution in [3.05, 3.63) is 24.3 Å². The second-order valence-electron chi connectivity index (χ2n) is 6.15. The van der Waals surface area contributed by atoms with E-state index in [2.05, 4.69) is 12.2 Å². The molecule has 2 aliphatic rings. The summed E-state index contributed by atoms with van der Waals surface area (Å²) in [5.74, 6) is 0.691. The highest BCUT2D eigenvalue weighted by atomic mass is 16.2. The van der Waals surface area contributed by atoms with E-state index in [1.165, 1.54) is 17.7 Å². The largest absolute Gasteiger partial charge is 0.327 e. The molecule has 21 heavy (non-hydrogen) atoms. The molecule has 112 valence electrons. The van der Waals surface area contributed by atoms with Gasteiger partial charge in [-0.15, -0.1) is 0 Å². The lowest BCUT2D eigenvalue weighted by molar-refractivity contribution is -0.898. The van der Waals surface area contributed by atoms with Crippen LogP contribution in [0.4, 0.5) is 11.4 Å². The molecule has 0 spiro atoms. The van der Waals surface area contributed by atoms with Gasteiger partial charge < -0.3 is 10.2 Å². The third-order valence-corrected chi connectivity index (χ3v) is 4.45. The molecule has 0 saturated carbocycles. The van der Waals surface area contributed by atoms with Gasteiger partial charge in [0.05, 0.1) is 24.5 Å². The van der Waals surface area contributed by atoms with Gasteiger partial charge in [0.15, 0.2) is 6.54 Å². The normalized spacial score (nSPS) is 25.2. The van der Waals surface area contributed by atoms with Crippen LogP contribution in [-0.4, -0.2) is 38.0 Å². The van der Waals surface area contributed by atoms with Crippen molar-refractivity contribution in [2.75, 3.05) is 36.4 Å². The van der Waals surface area contributed by atoms with Crippen molar-refractivity contribution < 1.29 is 14.5 Å². The van der Waals surface area contributed by atoms with E-state index in [4.69, 9.17) is 0 Å². The van der Waals surface area contributed by atoms with E-state index in [1.807, 2.05) is 24.3 Å². The highest BCUT2D eigenvalue weighted by molar-refractivity contribution is 6.10. The number of hydrogen-bond acceptors (Lipinski definition) is 2. The van der Waals surface area contributed by atoms with Crippen molar-refractivity contribution in [3.63, 3.8) is 0 Å². The molecule has 0 aromatic heterocycles. The SMILES string of the molecule is CC1CC[NH+](CC(=O)N2CC(=O)Nc3ccccc32)CC1. The van der Waals surface area contributed by atoms with Gasteiger partial charge in [0, 0.05) is 0 Å². The lowest BCUT2D eigenvalue weighted by atomic mass is 9.99. The Hall–Kier alpha value is -1.88. The van der Waals surface area contributed by atoms with Crippen molar-refractivity contribution >= 4 is 23.2 Å². The van der Waals surface area contributed by atoms with Gasteiger partial charge in [0.1, 0.15) is 6.54 Å². The monoisotopic (exact) mass is 288 g/mol. The second-order valence-corrected chi connectivity index (χ2v) is 6.15. The van der Waals surface area contributed by atoms with E-state index in [1.54, 1.807) is 4.90 Å². The number of benzene rings is 1. The minimum Gasteiger partial charge on any atom is -0.327 e. The van der Waals surface area contributed by atoms with Crippen LogP contribution in [0.3, 0.4) is 0 Å². The number of fused-ring (bicyclic) bond motifs is 1. The summed E-state index contributed by atoms with van der Waals surface area (Å²) in [6.45, 7) is 4.97. The van der Waals surface area contributed by atoms with Gasteiger partial charge in [-0.25, -0.2) is 0 Å². The van der Waals surface area contributed by atoms with Crippen LogP contribution >= 0.6 is 0 Å². The van der Waals surface area contributed by atoms with Crippen molar-refractivity contribution in [1.29, 1.82) is 0 Å². The van der Waals surface area contributed by atoms with E-state index in [9.17, 15) is 9.59 Å². The average Bonchev–Trinajstić information content (AvgIpc) is 2.48. The predicted molar refractivity (Wildman–Crippen MR) is 81.4 cm³/mol. The number of nitrogens with one attached hydrogen (secondary N) is 2. The highest BCUT2D eigenvalue weighted by Crippen LogP contribution is 2.28. The molecule has 0 bridgehead atoms. The van der Waals surface area contributed by atoms with Gasteiger partial charge in [-0.05, 0) is 30.9 Å². The number of rotatable bonds is 2. The fourth-order valence-corrected chi connectivity index (χ4v) is 3.11.